The maximum atomic E-state index is 6.24. The molecule has 0 saturated heterocycles. The first-order valence-electron chi connectivity index (χ1n) is 6.56. The monoisotopic (exact) mass is 264 g/mol. The number of fused-ring (bicyclic) bond motifs is 1. The lowest BCUT2D eigenvalue weighted by molar-refractivity contribution is 0.402. The molecule has 1 saturated carbocycles. The van der Waals surface area contributed by atoms with Gasteiger partial charge in [-0.3, -0.25) is 0 Å². The highest BCUT2D eigenvalue weighted by molar-refractivity contribution is 6.34. The van der Waals surface area contributed by atoms with Gasteiger partial charge in [0.1, 0.15) is 5.52 Å². The summed E-state index contributed by atoms with van der Waals surface area (Å²) in [7, 11) is 0. The van der Waals surface area contributed by atoms with Gasteiger partial charge in [-0.2, -0.15) is 0 Å². The van der Waals surface area contributed by atoms with Crippen LogP contribution in [0.3, 0.4) is 0 Å². The summed E-state index contributed by atoms with van der Waals surface area (Å²) >= 11 is 6.11. The number of nitrogens with two attached hydrogens (primary N) is 1. The second-order valence-electron chi connectivity index (χ2n) is 5.05. The Morgan fingerprint density at radius 2 is 2.06 bits per heavy atom. The fraction of sp³-hybridized carbons (Fsp3) is 0.500. The summed E-state index contributed by atoms with van der Waals surface area (Å²) in [6.45, 7) is 0. The van der Waals surface area contributed by atoms with Crippen LogP contribution in [0.2, 0.25) is 5.02 Å². The largest absolute Gasteiger partial charge is 0.439 e. The summed E-state index contributed by atoms with van der Waals surface area (Å²) < 4.78 is 5.84. The van der Waals surface area contributed by atoms with Gasteiger partial charge < -0.3 is 10.2 Å². The molecule has 1 aliphatic carbocycles. The van der Waals surface area contributed by atoms with Gasteiger partial charge in [0.25, 0.3) is 0 Å². The number of aromatic nitrogens is 1. The molecule has 1 fully saturated rings. The third-order valence-electron chi connectivity index (χ3n) is 3.77. The van der Waals surface area contributed by atoms with Crippen LogP contribution in [0, 0.1) is 0 Å². The van der Waals surface area contributed by atoms with Crippen LogP contribution in [0.25, 0.3) is 11.1 Å². The summed E-state index contributed by atoms with van der Waals surface area (Å²) in [6, 6.07) is 5.80. The van der Waals surface area contributed by atoms with E-state index in [2.05, 4.69) is 4.98 Å². The van der Waals surface area contributed by atoms with Crippen LogP contribution >= 0.6 is 11.6 Å². The molecule has 2 unspecified atom stereocenters. The second kappa shape index (κ2) is 4.90. The zero-order valence-corrected chi connectivity index (χ0v) is 11.0. The predicted octanol–water partition coefficient (Wildman–Crippen LogP) is 3.86. The van der Waals surface area contributed by atoms with Crippen LogP contribution in [0.5, 0.6) is 0 Å². The maximum Gasteiger partial charge on any atom is 0.200 e. The Balaban J connectivity index is 2.00. The molecule has 1 aromatic heterocycles. The molecule has 0 spiro atoms. The first-order chi connectivity index (χ1) is 8.75. The maximum absolute atomic E-state index is 6.24. The van der Waals surface area contributed by atoms with E-state index in [4.69, 9.17) is 21.8 Å². The normalized spacial score (nSPS) is 25.2. The zero-order chi connectivity index (χ0) is 12.5. The van der Waals surface area contributed by atoms with E-state index in [9.17, 15) is 0 Å². The molecule has 0 bridgehead atoms. The van der Waals surface area contributed by atoms with Crippen molar-refractivity contribution < 1.29 is 4.42 Å². The molecule has 1 heterocycles. The van der Waals surface area contributed by atoms with Gasteiger partial charge >= 0.3 is 0 Å². The van der Waals surface area contributed by atoms with E-state index in [1.165, 1.54) is 19.3 Å². The Morgan fingerprint density at radius 1 is 1.22 bits per heavy atom. The molecule has 4 heteroatoms. The minimum atomic E-state index is 0.152. The molecule has 3 nitrogen and oxygen atoms in total. The molecular weight excluding hydrogens is 248 g/mol. The highest BCUT2D eigenvalue weighted by Crippen LogP contribution is 2.33. The smallest absolute Gasteiger partial charge is 0.200 e. The van der Waals surface area contributed by atoms with Gasteiger partial charge in [-0.25, -0.2) is 4.98 Å². The third kappa shape index (κ3) is 2.13. The van der Waals surface area contributed by atoms with Crippen LogP contribution in [0.4, 0.5) is 0 Å². The van der Waals surface area contributed by atoms with Crippen molar-refractivity contribution >= 4 is 22.7 Å². The predicted molar refractivity (Wildman–Crippen MR) is 72.8 cm³/mol. The lowest BCUT2D eigenvalue weighted by Gasteiger charge is -2.17. The number of benzene rings is 1. The van der Waals surface area contributed by atoms with E-state index < -0.39 is 0 Å². The number of hydrogen-bond donors (Lipinski definition) is 1. The number of nitrogens with zero attached hydrogens (tertiary/aromatic N) is 1. The number of hydrogen-bond acceptors (Lipinski definition) is 3. The molecule has 18 heavy (non-hydrogen) atoms. The number of rotatable bonds is 1. The topological polar surface area (TPSA) is 52.0 Å². The number of oxazole rings is 1. The Morgan fingerprint density at radius 3 is 2.89 bits per heavy atom. The van der Waals surface area contributed by atoms with Gasteiger partial charge in [0.05, 0.1) is 10.9 Å². The van der Waals surface area contributed by atoms with Crippen molar-refractivity contribution in [3.8, 4) is 0 Å². The number of halogens is 1. The van der Waals surface area contributed by atoms with Crippen LogP contribution in [-0.4, -0.2) is 11.0 Å². The fourth-order valence-corrected chi connectivity index (χ4v) is 2.94. The van der Waals surface area contributed by atoms with Crippen LogP contribution < -0.4 is 5.73 Å². The summed E-state index contributed by atoms with van der Waals surface area (Å²) in [6.07, 6.45) is 5.78. The molecule has 1 aromatic carbocycles. The van der Waals surface area contributed by atoms with Crippen molar-refractivity contribution in [1.82, 2.24) is 4.98 Å². The van der Waals surface area contributed by atoms with E-state index >= 15 is 0 Å². The van der Waals surface area contributed by atoms with E-state index in [1.807, 2.05) is 18.2 Å². The highest BCUT2D eigenvalue weighted by Gasteiger charge is 2.26. The minimum absolute atomic E-state index is 0.152. The second-order valence-corrected chi connectivity index (χ2v) is 5.46. The highest BCUT2D eigenvalue weighted by atomic mass is 35.5. The van der Waals surface area contributed by atoms with Crippen molar-refractivity contribution in [2.75, 3.05) is 0 Å². The Bertz CT molecular complexity index is 552. The molecule has 96 valence electrons. The summed E-state index contributed by atoms with van der Waals surface area (Å²) in [5.41, 5.74) is 7.75. The van der Waals surface area contributed by atoms with Crippen molar-refractivity contribution in [2.45, 2.75) is 44.1 Å². The molecule has 3 rings (SSSR count). The number of para-hydroxylation sites is 1. The lowest BCUT2D eigenvalue weighted by Crippen LogP contribution is -2.27. The Hall–Kier alpha value is -1.06. The summed E-state index contributed by atoms with van der Waals surface area (Å²) in [4.78, 5) is 4.56. The fourth-order valence-electron chi connectivity index (χ4n) is 2.73. The van der Waals surface area contributed by atoms with Gasteiger partial charge in [0.2, 0.25) is 0 Å². The first-order valence-corrected chi connectivity index (χ1v) is 6.94. The quantitative estimate of drug-likeness (QED) is 0.796. The summed E-state index contributed by atoms with van der Waals surface area (Å²) in [5.74, 6) is 0.989. The van der Waals surface area contributed by atoms with Gasteiger partial charge in [0, 0.05) is 6.04 Å². The van der Waals surface area contributed by atoms with Crippen molar-refractivity contribution in [3.63, 3.8) is 0 Å². The van der Waals surface area contributed by atoms with Gasteiger partial charge in [0.15, 0.2) is 11.5 Å². The van der Waals surface area contributed by atoms with Crippen LogP contribution in [0.15, 0.2) is 22.6 Å². The van der Waals surface area contributed by atoms with Crippen molar-refractivity contribution in [2.24, 2.45) is 5.73 Å². The molecule has 0 radical (unpaired) electrons. The van der Waals surface area contributed by atoms with Gasteiger partial charge in [-0.15, -0.1) is 0 Å². The van der Waals surface area contributed by atoms with Crippen molar-refractivity contribution in [3.05, 3.63) is 29.1 Å². The molecule has 1 aliphatic rings. The van der Waals surface area contributed by atoms with Gasteiger partial charge in [-0.05, 0) is 25.0 Å². The molecule has 2 atom stereocenters. The average molecular weight is 265 g/mol. The standard InChI is InChI=1S/C14H17ClN2O/c15-10-6-4-8-12-13(10)18-14(17-12)9-5-2-1-3-7-11(9)16/h4,6,8-9,11H,1-3,5,7,16H2. The average Bonchev–Trinajstić information content (AvgIpc) is 2.67. The molecule has 2 N–H and O–H groups in total. The molecule has 0 aliphatic heterocycles. The van der Waals surface area contributed by atoms with E-state index in [1.54, 1.807) is 0 Å². The molecule has 0 amide bonds. The van der Waals surface area contributed by atoms with Crippen molar-refractivity contribution in [1.29, 1.82) is 0 Å². The first kappa shape index (κ1) is 12.0. The zero-order valence-electron chi connectivity index (χ0n) is 10.2. The van der Waals surface area contributed by atoms with Crippen LogP contribution in [0.1, 0.15) is 43.9 Å². The van der Waals surface area contributed by atoms with E-state index in [-0.39, 0.29) is 12.0 Å². The van der Waals surface area contributed by atoms with E-state index in [0.29, 0.717) is 10.6 Å². The SMILES string of the molecule is NC1CCCCCC1c1nc2cccc(Cl)c2o1. The Labute approximate surface area is 111 Å². The summed E-state index contributed by atoms with van der Waals surface area (Å²) in [5, 5.41) is 0.619. The van der Waals surface area contributed by atoms with Gasteiger partial charge in [-0.1, -0.05) is 36.9 Å². The van der Waals surface area contributed by atoms with E-state index in [0.717, 1.165) is 24.2 Å². The Kier molecular flexibility index (Phi) is 3.27. The third-order valence-corrected chi connectivity index (χ3v) is 4.07. The van der Waals surface area contributed by atoms with Crippen LogP contribution in [-0.2, 0) is 0 Å². The molecular formula is C14H17ClN2O. The minimum Gasteiger partial charge on any atom is -0.439 e. The lowest BCUT2D eigenvalue weighted by atomic mass is 9.95. The molecule has 2 aromatic rings.